The molecule has 0 saturated heterocycles. The van der Waals surface area contributed by atoms with E-state index in [4.69, 9.17) is 4.74 Å². The maximum Gasteiger partial charge on any atom is 0.243 e. The van der Waals surface area contributed by atoms with Gasteiger partial charge in [-0.05, 0) is 57.2 Å². The first-order chi connectivity index (χ1) is 18.1. The molecule has 2 unspecified atom stereocenters. The van der Waals surface area contributed by atoms with Crippen LogP contribution in [0.4, 0.5) is 5.69 Å². The molecule has 2 aromatic rings. The number of nitrogens with zero attached hydrogens (tertiary/aromatic N) is 2. The van der Waals surface area contributed by atoms with Crippen LogP contribution in [0.2, 0.25) is 0 Å². The largest absolute Gasteiger partial charge is 0.492 e. The minimum Gasteiger partial charge on any atom is -0.492 e. The SMILES string of the molecule is CCOc1ccccc1N(CCCC(=O)N(CCc1ccccc1)C(CC)C(=O)NC(C)CC)S(C)(=O)=O. The molecule has 0 bridgehead atoms. The molecule has 0 aliphatic rings. The van der Waals surface area contributed by atoms with E-state index in [-0.39, 0.29) is 30.8 Å². The van der Waals surface area contributed by atoms with E-state index in [0.29, 0.717) is 43.9 Å². The smallest absolute Gasteiger partial charge is 0.243 e. The van der Waals surface area contributed by atoms with Crippen LogP contribution in [0.5, 0.6) is 5.75 Å². The topological polar surface area (TPSA) is 96.0 Å². The normalized spacial score (nSPS) is 12.9. The van der Waals surface area contributed by atoms with Crippen LogP contribution in [0.3, 0.4) is 0 Å². The standard InChI is InChI=1S/C29H43N3O5S/c1-6-23(4)30-29(34)25(7-2)31(22-20-24-15-10-9-11-16-24)28(33)19-14-21-32(38(5,35)36)26-17-12-13-18-27(26)37-8-3/h9-13,15-18,23,25H,6-8,14,19-22H2,1-5H3,(H,30,34). The van der Waals surface area contributed by atoms with Crippen molar-refractivity contribution >= 4 is 27.5 Å². The fourth-order valence-corrected chi connectivity index (χ4v) is 5.23. The Morgan fingerprint density at radius 1 is 0.947 bits per heavy atom. The van der Waals surface area contributed by atoms with E-state index >= 15 is 0 Å². The number of carbonyl (C=O) groups is 2. The number of para-hydroxylation sites is 2. The molecule has 2 aromatic carbocycles. The quantitative estimate of drug-likeness (QED) is 0.337. The summed E-state index contributed by atoms with van der Waals surface area (Å²) in [6.45, 7) is 8.61. The lowest BCUT2D eigenvalue weighted by Gasteiger charge is -2.32. The van der Waals surface area contributed by atoms with Crippen LogP contribution in [0.1, 0.15) is 58.9 Å². The summed E-state index contributed by atoms with van der Waals surface area (Å²) in [7, 11) is -3.61. The van der Waals surface area contributed by atoms with Crippen molar-refractivity contribution in [2.45, 2.75) is 71.9 Å². The van der Waals surface area contributed by atoms with Crippen molar-refractivity contribution in [2.24, 2.45) is 0 Å². The van der Waals surface area contributed by atoms with Crippen LogP contribution in [0, 0.1) is 0 Å². The predicted octanol–water partition coefficient (Wildman–Crippen LogP) is 4.40. The summed E-state index contributed by atoms with van der Waals surface area (Å²) in [5.41, 5.74) is 1.53. The monoisotopic (exact) mass is 545 g/mol. The van der Waals surface area contributed by atoms with Gasteiger partial charge in [0, 0.05) is 25.6 Å². The van der Waals surface area contributed by atoms with E-state index in [1.54, 1.807) is 29.2 Å². The lowest BCUT2D eigenvalue weighted by Crippen LogP contribution is -2.51. The van der Waals surface area contributed by atoms with Gasteiger partial charge in [-0.3, -0.25) is 13.9 Å². The fourth-order valence-electron chi connectivity index (χ4n) is 4.26. The number of ether oxygens (including phenoxy) is 1. The molecule has 0 aromatic heterocycles. The Labute approximate surface area is 228 Å². The van der Waals surface area contributed by atoms with Crippen molar-refractivity contribution in [2.75, 3.05) is 30.3 Å². The van der Waals surface area contributed by atoms with Crippen molar-refractivity contribution in [3.05, 3.63) is 60.2 Å². The Morgan fingerprint density at radius 3 is 2.21 bits per heavy atom. The van der Waals surface area contributed by atoms with Gasteiger partial charge in [0.1, 0.15) is 11.8 Å². The minimum absolute atomic E-state index is 0.0105. The van der Waals surface area contributed by atoms with E-state index in [1.165, 1.54) is 4.31 Å². The van der Waals surface area contributed by atoms with Crippen LogP contribution >= 0.6 is 0 Å². The molecular formula is C29H43N3O5S. The second-order valence-electron chi connectivity index (χ2n) is 9.40. The zero-order valence-electron chi connectivity index (χ0n) is 23.4. The fraction of sp³-hybridized carbons (Fsp3) is 0.517. The summed E-state index contributed by atoms with van der Waals surface area (Å²) in [6.07, 6.45) is 3.47. The summed E-state index contributed by atoms with van der Waals surface area (Å²) in [5, 5.41) is 3.01. The minimum atomic E-state index is -3.61. The summed E-state index contributed by atoms with van der Waals surface area (Å²) in [5.74, 6) is 0.147. The molecule has 0 spiro atoms. The molecule has 210 valence electrons. The van der Waals surface area contributed by atoms with Gasteiger partial charge >= 0.3 is 0 Å². The zero-order chi connectivity index (χ0) is 28.1. The number of hydrogen-bond donors (Lipinski definition) is 1. The van der Waals surface area contributed by atoms with Gasteiger partial charge in [-0.25, -0.2) is 8.42 Å². The molecule has 9 heteroatoms. The highest BCUT2D eigenvalue weighted by Crippen LogP contribution is 2.30. The van der Waals surface area contributed by atoms with Crippen LogP contribution in [-0.4, -0.2) is 63.2 Å². The molecule has 0 fully saturated rings. The number of carbonyl (C=O) groups excluding carboxylic acids is 2. The molecule has 2 rings (SSSR count). The molecule has 1 N–H and O–H groups in total. The third-order valence-corrected chi connectivity index (χ3v) is 7.64. The Bertz CT molecular complexity index is 1120. The first kappa shape index (κ1) is 31.1. The van der Waals surface area contributed by atoms with Gasteiger partial charge in [-0.2, -0.15) is 0 Å². The molecule has 0 heterocycles. The van der Waals surface area contributed by atoms with E-state index in [0.717, 1.165) is 18.2 Å². The van der Waals surface area contributed by atoms with Gasteiger partial charge in [-0.15, -0.1) is 0 Å². The lowest BCUT2D eigenvalue weighted by atomic mass is 10.1. The average molecular weight is 546 g/mol. The first-order valence-corrected chi connectivity index (χ1v) is 15.3. The molecule has 0 saturated carbocycles. The Kier molecular flexibility index (Phi) is 12.6. The highest BCUT2D eigenvalue weighted by Gasteiger charge is 2.29. The van der Waals surface area contributed by atoms with Gasteiger partial charge in [0.2, 0.25) is 21.8 Å². The van der Waals surface area contributed by atoms with Gasteiger partial charge in [0.15, 0.2) is 0 Å². The van der Waals surface area contributed by atoms with E-state index < -0.39 is 16.1 Å². The second kappa shape index (κ2) is 15.4. The van der Waals surface area contributed by atoms with Crippen LogP contribution < -0.4 is 14.4 Å². The highest BCUT2D eigenvalue weighted by atomic mass is 32.2. The predicted molar refractivity (Wildman–Crippen MR) is 153 cm³/mol. The molecule has 8 nitrogen and oxygen atoms in total. The third-order valence-electron chi connectivity index (χ3n) is 6.46. The Balaban J connectivity index is 2.20. The average Bonchev–Trinajstić information content (AvgIpc) is 2.89. The first-order valence-electron chi connectivity index (χ1n) is 13.5. The van der Waals surface area contributed by atoms with Gasteiger partial charge in [0.25, 0.3) is 0 Å². The van der Waals surface area contributed by atoms with Gasteiger partial charge in [0.05, 0.1) is 18.6 Å². The van der Waals surface area contributed by atoms with Crippen molar-refractivity contribution in [1.82, 2.24) is 10.2 Å². The number of amides is 2. The second-order valence-corrected chi connectivity index (χ2v) is 11.3. The van der Waals surface area contributed by atoms with Crippen molar-refractivity contribution in [1.29, 1.82) is 0 Å². The summed E-state index contributed by atoms with van der Waals surface area (Å²) in [4.78, 5) is 28.3. The van der Waals surface area contributed by atoms with Crippen LogP contribution in [0.15, 0.2) is 54.6 Å². The summed E-state index contributed by atoms with van der Waals surface area (Å²) >= 11 is 0. The van der Waals surface area contributed by atoms with Crippen LogP contribution in [0.25, 0.3) is 0 Å². The van der Waals surface area contributed by atoms with Crippen molar-refractivity contribution in [3.8, 4) is 5.75 Å². The van der Waals surface area contributed by atoms with E-state index in [2.05, 4.69) is 5.32 Å². The third kappa shape index (κ3) is 9.35. The Hall–Kier alpha value is -3.07. The number of anilines is 1. The highest BCUT2D eigenvalue weighted by molar-refractivity contribution is 7.92. The molecule has 0 radical (unpaired) electrons. The molecule has 2 atom stereocenters. The van der Waals surface area contributed by atoms with E-state index in [1.807, 2.05) is 58.0 Å². The maximum atomic E-state index is 13.5. The molecule has 2 amide bonds. The Morgan fingerprint density at radius 2 is 1.61 bits per heavy atom. The molecular weight excluding hydrogens is 502 g/mol. The molecule has 0 aliphatic heterocycles. The number of rotatable bonds is 16. The number of sulfonamides is 1. The number of nitrogens with one attached hydrogen (secondary N) is 1. The maximum absolute atomic E-state index is 13.5. The zero-order valence-corrected chi connectivity index (χ0v) is 24.2. The lowest BCUT2D eigenvalue weighted by molar-refractivity contribution is -0.141. The van der Waals surface area contributed by atoms with Crippen molar-refractivity contribution in [3.63, 3.8) is 0 Å². The molecule has 38 heavy (non-hydrogen) atoms. The van der Waals surface area contributed by atoms with Gasteiger partial charge in [-0.1, -0.05) is 56.3 Å². The van der Waals surface area contributed by atoms with Gasteiger partial charge < -0.3 is 15.0 Å². The summed E-state index contributed by atoms with van der Waals surface area (Å²) < 4.78 is 32.2. The van der Waals surface area contributed by atoms with Crippen molar-refractivity contribution < 1.29 is 22.7 Å². The summed E-state index contributed by atoms with van der Waals surface area (Å²) in [6, 6.07) is 16.3. The number of hydrogen-bond acceptors (Lipinski definition) is 5. The number of benzene rings is 2. The van der Waals surface area contributed by atoms with Crippen LogP contribution in [-0.2, 0) is 26.0 Å². The van der Waals surface area contributed by atoms with E-state index in [9.17, 15) is 18.0 Å². The molecule has 0 aliphatic carbocycles.